The first-order valence-corrected chi connectivity index (χ1v) is 4.93. The van der Waals surface area contributed by atoms with Gasteiger partial charge in [0, 0.05) is 6.42 Å². The summed E-state index contributed by atoms with van der Waals surface area (Å²) in [7, 11) is 0. The molecule has 0 heterocycles. The Morgan fingerprint density at radius 3 is 2.46 bits per heavy atom. The standard InChI is InChI=1S/C10H19NO2/c1-2-3-4-5-9(12)8-10(13)6-7-11/h9-10,12-13H,2-6,8H2,1H3/t9-,10?/m0/s1. The first kappa shape index (κ1) is 12.4. The minimum atomic E-state index is -0.665. The summed E-state index contributed by atoms with van der Waals surface area (Å²) in [4.78, 5) is 0. The number of aliphatic hydroxyl groups excluding tert-OH is 2. The zero-order valence-electron chi connectivity index (χ0n) is 8.24. The minimum absolute atomic E-state index is 0.116. The average molecular weight is 185 g/mol. The van der Waals surface area contributed by atoms with E-state index < -0.39 is 12.2 Å². The van der Waals surface area contributed by atoms with E-state index in [0.29, 0.717) is 6.42 Å². The molecular weight excluding hydrogens is 166 g/mol. The van der Waals surface area contributed by atoms with E-state index in [0.717, 1.165) is 25.7 Å². The molecule has 0 saturated carbocycles. The Kier molecular flexibility index (Phi) is 7.66. The second-order valence-electron chi connectivity index (χ2n) is 3.40. The van der Waals surface area contributed by atoms with Crippen molar-refractivity contribution in [2.75, 3.05) is 0 Å². The van der Waals surface area contributed by atoms with Crippen molar-refractivity contribution in [2.45, 2.75) is 57.7 Å². The van der Waals surface area contributed by atoms with Crippen molar-refractivity contribution in [3.63, 3.8) is 0 Å². The molecule has 0 aromatic carbocycles. The molecule has 0 spiro atoms. The third-order valence-corrected chi connectivity index (χ3v) is 2.01. The quantitative estimate of drug-likeness (QED) is 0.592. The van der Waals surface area contributed by atoms with Gasteiger partial charge in [0.05, 0.1) is 24.7 Å². The molecule has 0 aliphatic heterocycles. The summed E-state index contributed by atoms with van der Waals surface area (Å²) in [6, 6.07) is 1.88. The van der Waals surface area contributed by atoms with E-state index in [1.54, 1.807) is 0 Å². The molecule has 3 heteroatoms. The van der Waals surface area contributed by atoms with Gasteiger partial charge in [0.25, 0.3) is 0 Å². The average Bonchev–Trinajstić information content (AvgIpc) is 2.05. The Bertz CT molecular complexity index is 153. The number of unbranched alkanes of at least 4 members (excludes halogenated alkanes) is 2. The van der Waals surface area contributed by atoms with Crippen LogP contribution < -0.4 is 0 Å². The molecule has 13 heavy (non-hydrogen) atoms. The molecular formula is C10H19NO2. The molecule has 0 bridgehead atoms. The van der Waals surface area contributed by atoms with Crippen LogP contribution in [-0.4, -0.2) is 22.4 Å². The van der Waals surface area contributed by atoms with Crippen LogP contribution in [0, 0.1) is 11.3 Å². The predicted octanol–water partition coefficient (Wildman–Crippen LogP) is 1.59. The lowest BCUT2D eigenvalue weighted by Gasteiger charge is -2.12. The molecule has 2 atom stereocenters. The topological polar surface area (TPSA) is 64.2 Å². The van der Waals surface area contributed by atoms with Crippen LogP contribution in [-0.2, 0) is 0 Å². The van der Waals surface area contributed by atoms with Gasteiger partial charge in [-0.2, -0.15) is 5.26 Å². The Hall–Kier alpha value is -0.590. The van der Waals surface area contributed by atoms with Crippen LogP contribution in [0.5, 0.6) is 0 Å². The van der Waals surface area contributed by atoms with Gasteiger partial charge in [-0.25, -0.2) is 0 Å². The maximum Gasteiger partial charge on any atom is 0.0694 e. The van der Waals surface area contributed by atoms with Crippen molar-refractivity contribution in [1.82, 2.24) is 0 Å². The van der Waals surface area contributed by atoms with E-state index in [4.69, 9.17) is 5.26 Å². The maximum atomic E-state index is 9.40. The smallest absolute Gasteiger partial charge is 0.0694 e. The van der Waals surface area contributed by atoms with Crippen LogP contribution in [0.1, 0.15) is 45.4 Å². The molecule has 0 aliphatic rings. The van der Waals surface area contributed by atoms with Crippen LogP contribution in [0.2, 0.25) is 0 Å². The molecule has 0 saturated heterocycles. The summed E-state index contributed by atoms with van der Waals surface area (Å²) in [5, 5.41) is 26.9. The number of hydrogen-bond donors (Lipinski definition) is 2. The minimum Gasteiger partial charge on any atom is -0.393 e. The lowest BCUT2D eigenvalue weighted by atomic mass is 10.0. The summed E-state index contributed by atoms with van der Waals surface area (Å²) in [5.41, 5.74) is 0. The summed E-state index contributed by atoms with van der Waals surface area (Å²) in [5.74, 6) is 0. The summed E-state index contributed by atoms with van der Waals surface area (Å²) >= 11 is 0. The maximum absolute atomic E-state index is 9.40. The largest absolute Gasteiger partial charge is 0.393 e. The normalized spacial score (nSPS) is 14.9. The first-order valence-electron chi connectivity index (χ1n) is 4.93. The molecule has 0 aromatic heterocycles. The fourth-order valence-corrected chi connectivity index (χ4v) is 1.25. The molecule has 0 aliphatic carbocycles. The van der Waals surface area contributed by atoms with E-state index in [2.05, 4.69) is 6.92 Å². The Morgan fingerprint density at radius 1 is 1.23 bits per heavy atom. The van der Waals surface area contributed by atoms with Gasteiger partial charge in [0.1, 0.15) is 0 Å². The van der Waals surface area contributed by atoms with Crippen LogP contribution in [0.4, 0.5) is 0 Å². The van der Waals surface area contributed by atoms with Gasteiger partial charge >= 0.3 is 0 Å². The number of aliphatic hydroxyl groups is 2. The van der Waals surface area contributed by atoms with Crippen molar-refractivity contribution in [1.29, 1.82) is 5.26 Å². The number of nitriles is 1. The summed E-state index contributed by atoms with van der Waals surface area (Å²) < 4.78 is 0. The van der Waals surface area contributed by atoms with Crippen molar-refractivity contribution in [3.8, 4) is 6.07 Å². The zero-order chi connectivity index (χ0) is 10.1. The molecule has 2 N–H and O–H groups in total. The van der Waals surface area contributed by atoms with Gasteiger partial charge in [0.2, 0.25) is 0 Å². The molecule has 0 aromatic rings. The molecule has 0 rings (SSSR count). The van der Waals surface area contributed by atoms with Crippen molar-refractivity contribution < 1.29 is 10.2 Å². The summed E-state index contributed by atoms with van der Waals surface area (Å²) in [6.45, 7) is 2.11. The van der Waals surface area contributed by atoms with Crippen molar-refractivity contribution in [3.05, 3.63) is 0 Å². The third kappa shape index (κ3) is 7.76. The SMILES string of the molecule is CCCCC[C@H](O)CC(O)CC#N. The predicted molar refractivity (Wildman–Crippen MR) is 51.0 cm³/mol. The van der Waals surface area contributed by atoms with Gasteiger partial charge < -0.3 is 10.2 Å². The first-order chi connectivity index (χ1) is 6.20. The molecule has 0 fully saturated rings. The van der Waals surface area contributed by atoms with E-state index in [-0.39, 0.29) is 6.42 Å². The van der Waals surface area contributed by atoms with E-state index in [1.165, 1.54) is 0 Å². The molecule has 0 amide bonds. The fraction of sp³-hybridized carbons (Fsp3) is 0.900. The molecule has 3 nitrogen and oxygen atoms in total. The van der Waals surface area contributed by atoms with E-state index >= 15 is 0 Å². The molecule has 0 radical (unpaired) electrons. The second kappa shape index (κ2) is 8.03. The Morgan fingerprint density at radius 2 is 1.92 bits per heavy atom. The van der Waals surface area contributed by atoms with E-state index in [9.17, 15) is 10.2 Å². The lowest BCUT2D eigenvalue weighted by molar-refractivity contribution is 0.0766. The lowest BCUT2D eigenvalue weighted by Crippen LogP contribution is -2.17. The number of hydrogen-bond acceptors (Lipinski definition) is 3. The monoisotopic (exact) mass is 185 g/mol. The highest BCUT2D eigenvalue weighted by atomic mass is 16.3. The molecule has 76 valence electrons. The Balaban J connectivity index is 3.39. The summed E-state index contributed by atoms with van der Waals surface area (Å²) in [6.07, 6.45) is 3.31. The van der Waals surface area contributed by atoms with Gasteiger partial charge in [0.15, 0.2) is 0 Å². The highest BCUT2D eigenvalue weighted by Gasteiger charge is 2.10. The molecule has 1 unspecified atom stereocenters. The van der Waals surface area contributed by atoms with Gasteiger partial charge in [-0.3, -0.25) is 0 Å². The number of rotatable bonds is 7. The van der Waals surface area contributed by atoms with Crippen LogP contribution >= 0.6 is 0 Å². The Labute approximate surface area is 80.0 Å². The van der Waals surface area contributed by atoms with Gasteiger partial charge in [-0.1, -0.05) is 26.2 Å². The second-order valence-corrected chi connectivity index (χ2v) is 3.40. The van der Waals surface area contributed by atoms with Crippen molar-refractivity contribution >= 4 is 0 Å². The highest BCUT2D eigenvalue weighted by molar-refractivity contribution is 4.76. The third-order valence-electron chi connectivity index (χ3n) is 2.01. The highest BCUT2D eigenvalue weighted by Crippen LogP contribution is 2.09. The van der Waals surface area contributed by atoms with Gasteiger partial charge in [-0.05, 0) is 6.42 Å². The van der Waals surface area contributed by atoms with Crippen molar-refractivity contribution in [2.24, 2.45) is 0 Å². The van der Waals surface area contributed by atoms with E-state index in [1.807, 2.05) is 6.07 Å². The fourth-order valence-electron chi connectivity index (χ4n) is 1.25. The van der Waals surface area contributed by atoms with Crippen LogP contribution in [0.25, 0.3) is 0 Å². The van der Waals surface area contributed by atoms with Crippen LogP contribution in [0.3, 0.4) is 0 Å². The zero-order valence-corrected chi connectivity index (χ0v) is 8.24. The number of nitrogens with zero attached hydrogens (tertiary/aromatic N) is 1. The van der Waals surface area contributed by atoms with Gasteiger partial charge in [-0.15, -0.1) is 0 Å². The van der Waals surface area contributed by atoms with Crippen LogP contribution in [0.15, 0.2) is 0 Å².